The van der Waals surface area contributed by atoms with Gasteiger partial charge in [0.15, 0.2) is 0 Å². The molecule has 2 aromatic rings. The Bertz CT molecular complexity index is 622. The lowest BCUT2D eigenvalue weighted by Crippen LogP contribution is -2.38. The van der Waals surface area contributed by atoms with Gasteiger partial charge in [-0.1, -0.05) is 44.2 Å². The monoisotopic (exact) mass is 330 g/mol. The number of carbonyl (C=O) groups is 1. The molecule has 0 bridgehead atoms. The molecule has 2 rings (SSSR count). The van der Waals surface area contributed by atoms with Crippen molar-refractivity contribution in [1.82, 2.24) is 10.2 Å². The molecule has 0 aliphatic carbocycles. The number of rotatable bonds is 7. The van der Waals surface area contributed by atoms with E-state index in [-0.39, 0.29) is 11.9 Å². The largest absolute Gasteiger partial charge is 0.347 e. The second-order valence-electron chi connectivity index (χ2n) is 6.40. The fraction of sp³-hybridized carbons (Fsp3) is 0.421. The second kappa shape index (κ2) is 8.27. The highest BCUT2D eigenvalue weighted by Crippen LogP contribution is 2.25. The molecule has 0 aliphatic heterocycles. The maximum absolute atomic E-state index is 12.4. The summed E-state index contributed by atoms with van der Waals surface area (Å²) in [5, 5.41) is 5.24. The number of benzene rings is 1. The molecule has 1 unspecified atom stereocenters. The predicted octanol–water partition coefficient (Wildman–Crippen LogP) is 4.00. The first kappa shape index (κ1) is 17.7. The van der Waals surface area contributed by atoms with Crippen molar-refractivity contribution < 1.29 is 4.79 Å². The summed E-state index contributed by atoms with van der Waals surface area (Å²) >= 11 is 1.70. The van der Waals surface area contributed by atoms with Crippen LogP contribution in [0.25, 0.3) is 0 Å². The fourth-order valence-electron chi connectivity index (χ4n) is 2.63. The Morgan fingerprint density at radius 1 is 1.22 bits per heavy atom. The van der Waals surface area contributed by atoms with E-state index in [1.807, 2.05) is 25.2 Å². The Labute approximate surface area is 143 Å². The molecule has 0 radical (unpaired) electrons. The van der Waals surface area contributed by atoms with Crippen molar-refractivity contribution in [2.75, 3.05) is 13.6 Å². The summed E-state index contributed by atoms with van der Waals surface area (Å²) in [4.78, 5) is 15.7. The number of thiophene rings is 1. The average Bonchev–Trinajstić information content (AvgIpc) is 3.00. The van der Waals surface area contributed by atoms with Crippen molar-refractivity contribution in [2.24, 2.45) is 5.92 Å². The van der Waals surface area contributed by atoms with E-state index in [2.05, 4.69) is 54.6 Å². The van der Waals surface area contributed by atoms with E-state index >= 15 is 0 Å². The number of carbonyl (C=O) groups excluding carboxylic acids is 1. The van der Waals surface area contributed by atoms with Crippen LogP contribution in [-0.2, 0) is 11.3 Å². The Kier molecular flexibility index (Phi) is 6.37. The fourth-order valence-corrected chi connectivity index (χ4v) is 3.58. The van der Waals surface area contributed by atoms with E-state index < -0.39 is 0 Å². The first-order valence-electron chi connectivity index (χ1n) is 8.03. The standard InChI is InChI=1S/C19H26N2OS/c1-14(2)19(17-10-7-11-23-17)20-18(22)13-21(4)12-16-9-6-5-8-15(16)3/h5-11,14,19H,12-13H2,1-4H3,(H,20,22). The van der Waals surface area contributed by atoms with Crippen molar-refractivity contribution in [3.63, 3.8) is 0 Å². The lowest BCUT2D eigenvalue weighted by molar-refractivity contribution is -0.123. The minimum Gasteiger partial charge on any atom is -0.347 e. The number of nitrogens with one attached hydrogen (secondary N) is 1. The molecule has 1 amide bonds. The summed E-state index contributed by atoms with van der Waals surface area (Å²) in [5.41, 5.74) is 2.53. The van der Waals surface area contributed by atoms with Crippen molar-refractivity contribution in [3.05, 3.63) is 57.8 Å². The van der Waals surface area contributed by atoms with E-state index in [1.54, 1.807) is 11.3 Å². The lowest BCUT2D eigenvalue weighted by atomic mass is 10.0. The third-order valence-electron chi connectivity index (χ3n) is 3.95. The molecule has 0 aliphatic rings. The minimum absolute atomic E-state index is 0.0770. The van der Waals surface area contributed by atoms with Crippen LogP contribution >= 0.6 is 11.3 Å². The SMILES string of the molecule is Cc1ccccc1CN(C)CC(=O)NC(c1cccs1)C(C)C. The van der Waals surface area contributed by atoms with Gasteiger partial charge in [0, 0.05) is 11.4 Å². The number of nitrogens with zero attached hydrogens (tertiary/aromatic N) is 1. The smallest absolute Gasteiger partial charge is 0.234 e. The first-order valence-corrected chi connectivity index (χ1v) is 8.91. The van der Waals surface area contributed by atoms with Crippen LogP contribution in [0.3, 0.4) is 0 Å². The van der Waals surface area contributed by atoms with Crippen molar-refractivity contribution in [1.29, 1.82) is 0 Å². The maximum Gasteiger partial charge on any atom is 0.234 e. The molecule has 0 spiro atoms. The topological polar surface area (TPSA) is 32.3 Å². The van der Waals surface area contributed by atoms with E-state index in [1.165, 1.54) is 16.0 Å². The highest BCUT2D eigenvalue weighted by molar-refractivity contribution is 7.10. The van der Waals surface area contributed by atoms with Gasteiger partial charge in [0.25, 0.3) is 0 Å². The molecule has 1 atom stereocenters. The van der Waals surface area contributed by atoms with Gasteiger partial charge >= 0.3 is 0 Å². The van der Waals surface area contributed by atoms with Gasteiger partial charge < -0.3 is 5.32 Å². The molecule has 1 heterocycles. The summed E-state index contributed by atoms with van der Waals surface area (Å²) in [7, 11) is 1.99. The highest BCUT2D eigenvalue weighted by Gasteiger charge is 2.19. The molecular formula is C19H26N2OS. The Morgan fingerprint density at radius 2 is 1.96 bits per heavy atom. The summed E-state index contributed by atoms with van der Waals surface area (Å²) in [6.07, 6.45) is 0. The van der Waals surface area contributed by atoms with E-state index in [9.17, 15) is 4.79 Å². The number of likely N-dealkylation sites (N-methyl/N-ethyl adjacent to an activating group) is 1. The second-order valence-corrected chi connectivity index (χ2v) is 7.38. The van der Waals surface area contributed by atoms with Crippen molar-refractivity contribution in [3.8, 4) is 0 Å². The van der Waals surface area contributed by atoms with Crippen LogP contribution in [0.1, 0.15) is 35.9 Å². The normalized spacial score (nSPS) is 12.6. The molecular weight excluding hydrogens is 304 g/mol. The van der Waals surface area contributed by atoms with Gasteiger partial charge in [-0.2, -0.15) is 0 Å². The molecule has 0 saturated heterocycles. The summed E-state index contributed by atoms with van der Waals surface area (Å²) in [5.74, 6) is 0.451. The number of hydrogen-bond donors (Lipinski definition) is 1. The Morgan fingerprint density at radius 3 is 2.57 bits per heavy atom. The molecule has 23 heavy (non-hydrogen) atoms. The quantitative estimate of drug-likeness (QED) is 0.832. The van der Waals surface area contributed by atoms with Crippen molar-refractivity contribution >= 4 is 17.2 Å². The Balaban J connectivity index is 1.92. The summed E-state index contributed by atoms with van der Waals surface area (Å²) in [6.45, 7) is 7.58. The van der Waals surface area contributed by atoms with Gasteiger partial charge in [0.2, 0.25) is 5.91 Å². The zero-order chi connectivity index (χ0) is 16.8. The molecule has 124 valence electrons. The molecule has 1 aromatic heterocycles. The van der Waals surface area contributed by atoms with Crippen molar-refractivity contribution in [2.45, 2.75) is 33.4 Å². The van der Waals surface area contributed by atoms with Crippen LogP contribution in [0, 0.1) is 12.8 Å². The van der Waals surface area contributed by atoms with Crippen LogP contribution in [0.2, 0.25) is 0 Å². The summed E-state index contributed by atoms with van der Waals surface area (Å²) < 4.78 is 0. The van der Waals surface area contributed by atoms with Gasteiger partial charge in [-0.05, 0) is 42.5 Å². The molecule has 0 fully saturated rings. The lowest BCUT2D eigenvalue weighted by Gasteiger charge is -2.23. The maximum atomic E-state index is 12.4. The predicted molar refractivity (Wildman–Crippen MR) is 97.6 cm³/mol. The van der Waals surface area contributed by atoms with Crippen LogP contribution in [0.4, 0.5) is 0 Å². The Hall–Kier alpha value is -1.65. The van der Waals surface area contributed by atoms with Crippen LogP contribution in [0.5, 0.6) is 0 Å². The molecule has 0 saturated carbocycles. The molecule has 3 nitrogen and oxygen atoms in total. The van der Waals surface area contributed by atoms with Gasteiger partial charge in [0.05, 0.1) is 12.6 Å². The number of amides is 1. The third kappa shape index (κ3) is 5.19. The van der Waals surface area contributed by atoms with E-state index in [0.29, 0.717) is 12.5 Å². The third-order valence-corrected chi connectivity index (χ3v) is 4.90. The minimum atomic E-state index is 0.0770. The average molecular weight is 330 g/mol. The van der Waals surface area contributed by atoms with Crippen LogP contribution in [0.15, 0.2) is 41.8 Å². The van der Waals surface area contributed by atoms with Gasteiger partial charge in [-0.25, -0.2) is 0 Å². The van der Waals surface area contributed by atoms with Gasteiger partial charge in [-0.3, -0.25) is 9.69 Å². The first-order chi connectivity index (χ1) is 11.0. The number of hydrogen-bond acceptors (Lipinski definition) is 3. The number of aryl methyl sites for hydroxylation is 1. The van der Waals surface area contributed by atoms with Crippen LogP contribution in [-0.4, -0.2) is 24.4 Å². The van der Waals surface area contributed by atoms with Gasteiger partial charge in [0.1, 0.15) is 0 Å². The van der Waals surface area contributed by atoms with E-state index in [0.717, 1.165) is 6.54 Å². The highest BCUT2D eigenvalue weighted by atomic mass is 32.1. The molecule has 1 N–H and O–H groups in total. The summed E-state index contributed by atoms with van der Waals surface area (Å²) in [6, 6.07) is 12.5. The molecule has 4 heteroatoms. The van der Waals surface area contributed by atoms with Gasteiger partial charge in [-0.15, -0.1) is 11.3 Å². The zero-order valence-electron chi connectivity index (χ0n) is 14.4. The van der Waals surface area contributed by atoms with Crippen LogP contribution < -0.4 is 5.32 Å². The van der Waals surface area contributed by atoms with E-state index in [4.69, 9.17) is 0 Å². The molecule has 1 aromatic carbocycles. The zero-order valence-corrected chi connectivity index (χ0v) is 15.2.